The summed E-state index contributed by atoms with van der Waals surface area (Å²) in [4.78, 5) is 4.28. The number of benzene rings is 1. The molecule has 94 valence electrons. The maximum absolute atomic E-state index is 14.1. The van der Waals surface area contributed by atoms with E-state index in [9.17, 15) is 8.78 Å². The van der Waals surface area contributed by atoms with Crippen molar-refractivity contribution in [2.75, 3.05) is 5.73 Å². The third-order valence-electron chi connectivity index (χ3n) is 3.65. The van der Waals surface area contributed by atoms with Crippen LogP contribution in [0, 0.1) is 18.6 Å². The summed E-state index contributed by atoms with van der Waals surface area (Å²) in [5.74, 6) is -0.950. The zero-order chi connectivity index (χ0) is 12.9. The Hall–Kier alpha value is -1.71. The van der Waals surface area contributed by atoms with E-state index in [0.717, 1.165) is 36.9 Å². The molecule has 0 unspecified atom stereocenters. The van der Waals surface area contributed by atoms with Crippen molar-refractivity contribution in [2.24, 2.45) is 0 Å². The highest BCUT2D eigenvalue weighted by Gasteiger charge is 2.21. The van der Waals surface area contributed by atoms with Crippen LogP contribution in [-0.4, -0.2) is 4.98 Å². The average Bonchev–Trinajstić information content (AvgIpc) is 2.36. The van der Waals surface area contributed by atoms with Crippen LogP contribution in [0.5, 0.6) is 0 Å². The van der Waals surface area contributed by atoms with E-state index >= 15 is 0 Å². The second-order valence-corrected chi connectivity index (χ2v) is 4.87. The van der Waals surface area contributed by atoms with Gasteiger partial charge in [0, 0.05) is 11.4 Å². The number of fused-ring (bicyclic) bond motifs is 2. The molecule has 1 aromatic carbocycles. The number of anilines is 1. The first kappa shape index (κ1) is 11.4. The summed E-state index contributed by atoms with van der Waals surface area (Å²) in [6.45, 7) is 1.54. The Morgan fingerprint density at radius 3 is 2.72 bits per heavy atom. The van der Waals surface area contributed by atoms with Gasteiger partial charge in [-0.2, -0.15) is 0 Å². The molecule has 1 heterocycles. The zero-order valence-corrected chi connectivity index (χ0v) is 10.2. The minimum absolute atomic E-state index is 0.0660. The molecule has 2 N–H and O–H groups in total. The van der Waals surface area contributed by atoms with Gasteiger partial charge in [0.25, 0.3) is 0 Å². The maximum atomic E-state index is 14.1. The number of nitrogens with two attached hydrogens (primary N) is 1. The van der Waals surface area contributed by atoms with Crippen LogP contribution < -0.4 is 5.73 Å². The van der Waals surface area contributed by atoms with Crippen LogP contribution in [0.15, 0.2) is 6.07 Å². The van der Waals surface area contributed by atoms with Crippen molar-refractivity contribution < 1.29 is 8.78 Å². The smallest absolute Gasteiger partial charge is 0.149 e. The summed E-state index contributed by atoms with van der Waals surface area (Å²) < 4.78 is 28.0. The summed E-state index contributed by atoms with van der Waals surface area (Å²) in [7, 11) is 0. The SMILES string of the molecule is Cc1cc(F)c2nc3c(c(N)c2c1F)CCCC3. The van der Waals surface area contributed by atoms with Crippen molar-refractivity contribution in [1.82, 2.24) is 4.98 Å². The molecule has 0 radical (unpaired) electrons. The molecule has 0 saturated heterocycles. The van der Waals surface area contributed by atoms with Gasteiger partial charge in [-0.25, -0.2) is 13.8 Å². The highest BCUT2D eigenvalue weighted by Crippen LogP contribution is 2.34. The molecule has 0 spiro atoms. The van der Waals surface area contributed by atoms with E-state index in [1.807, 2.05) is 0 Å². The van der Waals surface area contributed by atoms with Gasteiger partial charge >= 0.3 is 0 Å². The predicted octanol–water partition coefficient (Wildman–Crippen LogP) is 3.28. The fraction of sp³-hybridized carbons (Fsp3) is 0.357. The van der Waals surface area contributed by atoms with Crippen molar-refractivity contribution >= 4 is 16.6 Å². The van der Waals surface area contributed by atoms with E-state index in [2.05, 4.69) is 4.98 Å². The summed E-state index contributed by atoms with van der Waals surface area (Å²) in [6.07, 6.45) is 3.66. The Kier molecular flexibility index (Phi) is 2.47. The van der Waals surface area contributed by atoms with Crippen LogP contribution in [0.1, 0.15) is 29.7 Å². The van der Waals surface area contributed by atoms with Crippen LogP contribution >= 0.6 is 0 Å². The van der Waals surface area contributed by atoms with Gasteiger partial charge in [-0.15, -0.1) is 0 Å². The highest BCUT2D eigenvalue weighted by molar-refractivity contribution is 5.93. The molecule has 2 aromatic rings. The number of hydrogen-bond acceptors (Lipinski definition) is 2. The first-order chi connectivity index (χ1) is 8.59. The lowest BCUT2D eigenvalue weighted by Gasteiger charge is -2.19. The number of rotatable bonds is 0. The number of aryl methyl sites for hydroxylation is 2. The second kappa shape index (κ2) is 3.90. The van der Waals surface area contributed by atoms with Gasteiger partial charge in [-0.05, 0) is 49.8 Å². The molecule has 3 rings (SSSR count). The number of halogens is 2. The minimum Gasteiger partial charge on any atom is -0.398 e. The van der Waals surface area contributed by atoms with Gasteiger partial charge < -0.3 is 5.73 Å². The Balaban J connectivity index is 2.46. The van der Waals surface area contributed by atoms with E-state index in [4.69, 9.17) is 5.73 Å². The molecule has 2 nitrogen and oxygen atoms in total. The molecule has 0 bridgehead atoms. The normalized spacial score (nSPS) is 14.8. The molecule has 0 saturated carbocycles. The number of nitrogens with zero attached hydrogens (tertiary/aromatic N) is 1. The van der Waals surface area contributed by atoms with Crippen LogP contribution in [0.4, 0.5) is 14.5 Å². The number of aromatic nitrogens is 1. The first-order valence-electron chi connectivity index (χ1n) is 6.15. The largest absolute Gasteiger partial charge is 0.398 e. The highest BCUT2D eigenvalue weighted by atomic mass is 19.1. The third-order valence-corrected chi connectivity index (χ3v) is 3.65. The van der Waals surface area contributed by atoms with Crippen LogP contribution in [0.3, 0.4) is 0 Å². The van der Waals surface area contributed by atoms with Crippen molar-refractivity contribution in [2.45, 2.75) is 32.6 Å². The fourth-order valence-corrected chi connectivity index (χ4v) is 2.69. The standard InChI is InChI=1S/C14H14F2N2/c1-7-6-9(15)14-11(12(7)16)13(17)8-4-2-3-5-10(8)18-14/h6H,2-5H2,1H3,(H2,17,18). The quantitative estimate of drug-likeness (QED) is 0.777. The summed E-state index contributed by atoms with van der Waals surface area (Å²) in [5, 5.41) is 0.146. The van der Waals surface area contributed by atoms with E-state index in [1.165, 1.54) is 13.0 Å². The second-order valence-electron chi connectivity index (χ2n) is 4.87. The number of nitrogen functional groups attached to an aromatic ring is 1. The van der Waals surface area contributed by atoms with E-state index in [-0.39, 0.29) is 16.5 Å². The zero-order valence-electron chi connectivity index (χ0n) is 10.2. The average molecular weight is 248 g/mol. The molecule has 18 heavy (non-hydrogen) atoms. The van der Waals surface area contributed by atoms with Crippen LogP contribution in [0.25, 0.3) is 10.9 Å². The van der Waals surface area contributed by atoms with E-state index in [1.54, 1.807) is 0 Å². The number of pyridine rings is 1. The van der Waals surface area contributed by atoms with E-state index in [0.29, 0.717) is 5.69 Å². The lowest BCUT2D eigenvalue weighted by Crippen LogP contribution is -2.11. The van der Waals surface area contributed by atoms with Gasteiger partial charge in [-0.3, -0.25) is 0 Å². The van der Waals surface area contributed by atoms with Gasteiger partial charge in [-0.1, -0.05) is 0 Å². The van der Waals surface area contributed by atoms with Gasteiger partial charge in [0.1, 0.15) is 17.2 Å². The predicted molar refractivity (Wildman–Crippen MR) is 67.5 cm³/mol. The molecule has 0 atom stereocenters. The van der Waals surface area contributed by atoms with Crippen molar-refractivity contribution in [3.63, 3.8) is 0 Å². The lowest BCUT2D eigenvalue weighted by atomic mass is 9.92. The van der Waals surface area contributed by atoms with Crippen LogP contribution in [0.2, 0.25) is 0 Å². The van der Waals surface area contributed by atoms with Crippen molar-refractivity contribution in [1.29, 1.82) is 0 Å². The lowest BCUT2D eigenvalue weighted by molar-refractivity contribution is 0.605. The summed E-state index contributed by atoms with van der Waals surface area (Å²) >= 11 is 0. The van der Waals surface area contributed by atoms with Crippen molar-refractivity contribution in [3.05, 3.63) is 34.5 Å². The molecular formula is C14H14F2N2. The molecule has 0 fully saturated rings. The van der Waals surface area contributed by atoms with Crippen molar-refractivity contribution in [3.8, 4) is 0 Å². The Morgan fingerprint density at radius 2 is 1.94 bits per heavy atom. The van der Waals surface area contributed by atoms with Gasteiger partial charge in [0.2, 0.25) is 0 Å². The Labute approximate surface area is 104 Å². The summed E-state index contributed by atoms with van der Waals surface area (Å²) in [6, 6.07) is 1.18. The molecular weight excluding hydrogens is 234 g/mol. The Morgan fingerprint density at radius 1 is 1.22 bits per heavy atom. The fourth-order valence-electron chi connectivity index (χ4n) is 2.69. The molecule has 0 aliphatic heterocycles. The maximum Gasteiger partial charge on any atom is 0.149 e. The van der Waals surface area contributed by atoms with Gasteiger partial charge in [0.05, 0.1) is 5.39 Å². The molecule has 1 aliphatic rings. The van der Waals surface area contributed by atoms with E-state index < -0.39 is 11.6 Å². The number of hydrogen-bond donors (Lipinski definition) is 1. The minimum atomic E-state index is -0.496. The molecule has 1 aliphatic carbocycles. The first-order valence-corrected chi connectivity index (χ1v) is 6.15. The Bertz CT molecular complexity index is 650. The molecule has 4 heteroatoms. The third kappa shape index (κ3) is 1.48. The van der Waals surface area contributed by atoms with Crippen LogP contribution in [-0.2, 0) is 12.8 Å². The topological polar surface area (TPSA) is 38.9 Å². The molecule has 0 amide bonds. The van der Waals surface area contributed by atoms with Gasteiger partial charge in [0.15, 0.2) is 0 Å². The molecule has 1 aromatic heterocycles. The summed E-state index contributed by atoms with van der Waals surface area (Å²) in [5.41, 5.74) is 8.46. The monoisotopic (exact) mass is 248 g/mol.